The van der Waals surface area contributed by atoms with E-state index in [1.807, 2.05) is 24.3 Å². The SMILES string of the molecule is Cl.O=C(COc1ccc(F)cc1)N1CCNCC1c1ccccc1Cl. The highest BCUT2D eigenvalue weighted by atomic mass is 35.5. The lowest BCUT2D eigenvalue weighted by Gasteiger charge is -2.36. The Labute approximate surface area is 157 Å². The van der Waals surface area contributed by atoms with Crippen molar-refractivity contribution >= 4 is 29.9 Å². The van der Waals surface area contributed by atoms with Gasteiger partial charge in [-0.15, -0.1) is 12.4 Å². The predicted octanol–water partition coefficient (Wildman–Crippen LogP) is 3.45. The molecule has 1 aliphatic rings. The van der Waals surface area contributed by atoms with Crippen molar-refractivity contribution in [2.24, 2.45) is 0 Å². The van der Waals surface area contributed by atoms with Crippen molar-refractivity contribution in [3.63, 3.8) is 0 Å². The van der Waals surface area contributed by atoms with Crippen molar-refractivity contribution in [2.75, 3.05) is 26.2 Å². The lowest BCUT2D eigenvalue weighted by atomic mass is 10.0. The third kappa shape index (κ3) is 4.84. The third-order valence-electron chi connectivity index (χ3n) is 4.00. The quantitative estimate of drug-likeness (QED) is 0.877. The molecule has 0 spiro atoms. The molecule has 0 bridgehead atoms. The molecule has 3 rings (SSSR count). The molecule has 1 fully saturated rings. The Morgan fingerprint density at radius 1 is 1.24 bits per heavy atom. The summed E-state index contributed by atoms with van der Waals surface area (Å²) in [7, 11) is 0. The van der Waals surface area contributed by atoms with E-state index in [0.717, 1.165) is 12.1 Å². The van der Waals surface area contributed by atoms with Gasteiger partial charge in [-0.05, 0) is 35.9 Å². The number of halogens is 3. The molecule has 1 heterocycles. The molecule has 134 valence electrons. The van der Waals surface area contributed by atoms with Crippen LogP contribution in [0.1, 0.15) is 11.6 Å². The van der Waals surface area contributed by atoms with Gasteiger partial charge in [0.1, 0.15) is 11.6 Å². The fourth-order valence-corrected chi connectivity index (χ4v) is 3.05. The summed E-state index contributed by atoms with van der Waals surface area (Å²) < 4.78 is 18.4. The lowest BCUT2D eigenvalue weighted by molar-refractivity contribution is -0.136. The van der Waals surface area contributed by atoms with Gasteiger partial charge >= 0.3 is 0 Å². The molecular weight excluding hydrogens is 366 g/mol. The number of nitrogens with zero attached hydrogens (tertiary/aromatic N) is 1. The molecule has 1 saturated heterocycles. The molecule has 1 unspecified atom stereocenters. The highest BCUT2D eigenvalue weighted by molar-refractivity contribution is 6.31. The molecule has 1 amide bonds. The summed E-state index contributed by atoms with van der Waals surface area (Å²) in [6, 6.07) is 13.0. The first-order valence-electron chi connectivity index (χ1n) is 7.78. The molecule has 1 aliphatic heterocycles. The summed E-state index contributed by atoms with van der Waals surface area (Å²) >= 11 is 6.28. The standard InChI is InChI=1S/C18H18ClFN2O2.ClH/c19-16-4-2-1-3-15(16)17-11-21-9-10-22(17)18(23)12-24-14-7-5-13(20)6-8-14;/h1-8,17,21H,9-12H2;1H. The zero-order chi connectivity index (χ0) is 16.9. The van der Waals surface area contributed by atoms with E-state index in [9.17, 15) is 9.18 Å². The molecule has 0 saturated carbocycles. The zero-order valence-electron chi connectivity index (χ0n) is 13.5. The van der Waals surface area contributed by atoms with Gasteiger partial charge in [0.2, 0.25) is 0 Å². The maximum absolute atomic E-state index is 12.9. The molecule has 1 atom stereocenters. The van der Waals surface area contributed by atoms with E-state index in [4.69, 9.17) is 16.3 Å². The van der Waals surface area contributed by atoms with Crippen LogP contribution in [0.3, 0.4) is 0 Å². The van der Waals surface area contributed by atoms with Crippen LogP contribution < -0.4 is 10.1 Å². The number of carbonyl (C=O) groups is 1. The van der Waals surface area contributed by atoms with Crippen LogP contribution in [-0.2, 0) is 4.79 Å². The zero-order valence-corrected chi connectivity index (χ0v) is 15.0. The topological polar surface area (TPSA) is 41.6 Å². The summed E-state index contributed by atoms with van der Waals surface area (Å²) in [6.07, 6.45) is 0. The molecule has 25 heavy (non-hydrogen) atoms. The van der Waals surface area contributed by atoms with Crippen LogP contribution in [0, 0.1) is 5.82 Å². The number of hydrogen-bond acceptors (Lipinski definition) is 3. The van der Waals surface area contributed by atoms with Gasteiger partial charge in [0, 0.05) is 24.7 Å². The molecule has 2 aromatic rings. The van der Waals surface area contributed by atoms with Crippen LogP contribution >= 0.6 is 24.0 Å². The molecule has 0 aromatic heterocycles. The Bertz CT molecular complexity index is 712. The Balaban J connectivity index is 0.00000225. The van der Waals surface area contributed by atoms with Crippen LogP contribution in [0.5, 0.6) is 5.75 Å². The van der Waals surface area contributed by atoms with Gasteiger partial charge < -0.3 is 15.0 Å². The Hall–Kier alpha value is -1.82. The minimum absolute atomic E-state index is 0. The van der Waals surface area contributed by atoms with E-state index >= 15 is 0 Å². The fraction of sp³-hybridized carbons (Fsp3) is 0.278. The minimum atomic E-state index is -0.338. The Morgan fingerprint density at radius 2 is 1.96 bits per heavy atom. The summed E-state index contributed by atoms with van der Waals surface area (Å²) in [6.45, 7) is 1.86. The normalized spacial score (nSPS) is 16.9. The molecule has 1 N–H and O–H groups in total. The summed E-state index contributed by atoms with van der Waals surface area (Å²) in [5.74, 6) is 0.00878. The Kier molecular flexibility index (Phi) is 7.05. The van der Waals surface area contributed by atoms with Crippen LogP contribution in [0.4, 0.5) is 4.39 Å². The van der Waals surface area contributed by atoms with Gasteiger partial charge in [0.25, 0.3) is 5.91 Å². The molecule has 4 nitrogen and oxygen atoms in total. The molecular formula is C18H19Cl2FN2O2. The van der Waals surface area contributed by atoms with E-state index in [0.29, 0.717) is 23.9 Å². The number of carbonyl (C=O) groups excluding carboxylic acids is 1. The largest absolute Gasteiger partial charge is 0.484 e. The number of rotatable bonds is 4. The second-order valence-electron chi connectivity index (χ2n) is 5.57. The monoisotopic (exact) mass is 384 g/mol. The number of piperazine rings is 1. The van der Waals surface area contributed by atoms with E-state index in [1.165, 1.54) is 24.3 Å². The minimum Gasteiger partial charge on any atom is -0.484 e. The first-order chi connectivity index (χ1) is 11.6. The van der Waals surface area contributed by atoms with Crippen LogP contribution in [-0.4, -0.2) is 37.0 Å². The van der Waals surface area contributed by atoms with Crippen molar-refractivity contribution in [1.82, 2.24) is 10.2 Å². The molecule has 0 aliphatic carbocycles. The highest BCUT2D eigenvalue weighted by Crippen LogP contribution is 2.28. The van der Waals surface area contributed by atoms with E-state index in [2.05, 4.69) is 5.32 Å². The molecule has 2 aromatic carbocycles. The number of benzene rings is 2. The van der Waals surface area contributed by atoms with Gasteiger partial charge in [-0.2, -0.15) is 0 Å². The smallest absolute Gasteiger partial charge is 0.261 e. The summed E-state index contributed by atoms with van der Waals surface area (Å²) in [5, 5.41) is 3.93. The summed E-state index contributed by atoms with van der Waals surface area (Å²) in [4.78, 5) is 14.4. The predicted molar refractivity (Wildman–Crippen MR) is 97.9 cm³/mol. The lowest BCUT2D eigenvalue weighted by Crippen LogP contribution is -2.50. The summed E-state index contributed by atoms with van der Waals surface area (Å²) in [5.41, 5.74) is 0.918. The van der Waals surface area contributed by atoms with Crippen molar-refractivity contribution in [3.8, 4) is 5.75 Å². The van der Waals surface area contributed by atoms with E-state index in [-0.39, 0.29) is 36.8 Å². The van der Waals surface area contributed by atoms with Gasteiger partial charge in [-0.1, -0.05) is 29.8 Å². The van der Waals surface area contributed by atoms with E-state index < -0.39 is 0 Å². The number of nitrogens with one attached hydrogen (secondary N) is 1. The first-order valence-corrected chi connectivity index (χ1v) is 8.16. The fourth-order valence-electron chi connectivity index (χ4n) is 2.78. The average Bonchev–Trinajstić information content (AvgIpc) is 2.61. The maximum atomic E-state index is 12.9. The van der Waals surface area contributed by atoms with Crippen molar-refractivity contribution < 1.29 is 13.9 Å². The van der Waals surface area contributed by atoms with Gasteiger partial charge in [0.15, 0.2) is 6.61 Å². The molecule has 0 radical (unpaired) electrons. The van der Waals surface area contributed by atoms with E-state index in [1.54, 1.807) is 4.90 Å². The highest BCUT2D eigenvalue weighted by Gasteiger charge is 2.29. The van der Waals surface area contributed by atoms with Crippen molar-refractivity contribution in [3.05, 3.63) is 64.9 Å². The second-order valence-corrected chi connectivity index (χ2v) is 5.98. The van der Waals surface area contributed by atoms with Crippen LogP contribution in [0.25, 0.3) is 0 Å². The number of hydrogen-bond donors (Lipinski definition) is 1. The van der Waals surface area contributed by atoms with Gasteiger partial charge in [-0.25, -0.2) is 4.39 Å². The van der Waals surface area contributed by atoms with Crippen molar-refractivity contribution in [1.29, 1.82) is 0 Å². The molecule has 7 heteroatoms. The van der Waals surface area contributed by atoms with Crippen LogP contribution in [0.2, 0.25) is 5.02 Å². The van der Waals surface area contributed by atoms with Crippen molar-refractivity contribution in [2.45, 2.75) is 6.04 Å². The third-order valence-corrected chi connectivity index (χ3v) is 4.35. The van der Waals surface area contributed by atoms with Gasteiger partial charge in [0.05, 0.1) is 6.04 Å². The first kappa shape index (κ1) is 19.5. The Morgan fingerprint density at radius 3 is 2.68 bits per heavy atom. The second kappa shape index (κ2) is 9.04. The van der Waals surface area contributed by atoms with Gasteiger partial charge in [-0.3, -0.25) is 4.79 Å². The number of amides is 1. The number of ether oxygens (including phenoxy) is 1. The van der Waals surface area contributed by atoms with Crippen LogP contribution in [0.15, 0.2) is 48.5 Å². The maximum Gasteiger partial charge on any atom is 0.261 e. The average molecular weight is 385 g/mol.